The predicted octanol–water partition coefficient (Wildman–Crippen LogP) is 3.39. The highest BCUT2D eigenvalue weighted by Crippen LogP contribution is 2.24. The SMILES string of the molecule is O=C(CCn1[nH]c(=O)c2ccccc2c1=O)NCc1cn(-c2ccccc2)nc1-c1ccc(F)cc1. The van der Waals surface area contributed by atoms with Crippen molar-refractivity contribution in [2.75, 3.05) is 0 Å². The summed E-state index contributed by atoms with van der Waals surface area (Å²) in [6.45, 7) is 0.209. The zero-order valence-corrected chi connectivity index (χ0v) is 19.1. The van der Waals surface area contributed by atoms with Crippen molar-refractivity contribution in [1.29, 1.82) is 0 Å². The van der Waals surface area contributed by atoms with Crippen LogP contribution in [0.25, 0.3) is 27.7 Å². The van der Waals surface area contributed by atoms with Crippen molar-refractivity contribution >= 4 is 16.7 Å². The molecular weight excluding hydrogens is 461 g/mol. The number of para-hydroxylation sites is 1. The second-order valence-electron chi connectivity index (χ2n) is 8.26. The molecule has 0 radical (unpaired) electrons. The van der Waals surface area contributed by atoms with Gasteiger partial charge in [0, 0.05) is 30.3 Å². The maximum atomic E-state index is 13.5. The third-order valence-corrected chi connectivity index (χ3v) is 5.85. The van der Waals surface area contributed by atoms with Crippen LogP contribution in [-0.4, -0.2) is 25.5 Å². The van der Waals surface area contributed by atoms with Crippen LogP contribution in [0.15, 0.2) is 94.6 Å². The van der Waals surface area contributed by atoms with Crippen molar-refractivity contribution in [1.82, 2.24) is 24.9 Å². The fraction of sp³-hybridized carbons (Fsp3) is 0.111. The van der Waals surface area contributed by atoms with Crippen molar-refractivity contribution < 1.29 is 9.18 Å². The first kappa shape index (κ1) is 23.0. The lowest BCUT2D eigenvalue weighted by atomic mass is 10.1. The molecule has 0 bridgehead atoms. The maximum Gasteiger partial charge on any atom is 0.273 e. The number of amides is 1. The van der Waals surface area contributed by atoms with Gasteiger partial charge in [0.15, 0.2) is 0 Å². The molecule has 0 saturated heterocycles. The van der Waals surface area contributed by atoms with E-state index in [1.54, 1.807) is 41.1 Å². The number of fused-ring (bicyclic) bond motifs is 1. The van der Waals surface area contributed by atoms with Gasteiger partial charge >= 0.3 is 0 Å². The molecule has 0 fully saturated rings. The minimum Gasteiger partial charge on any atom is -0.352 e. The number of hydrogen-bond donors (Lipinski definition) is 2. The molecular formula is C27H22FN5O3. The lowest BCUT2D eigenvalue weighted by Gasteiger charge is -2.08. The van der Waals surface area contributed by atoms with Crippen molar-refractivity contribution in [3.8, 4) is 16.9 Å². The molecule has 180 valence electrons. The van der Waals surface area contributed by atoms with Crippen molar-refractivity contribution in [3.63, 3.8) is 0 Å². The summed E-state index contributed by atoms with van der Waals surface area (Å²) in [7, 11) is 0. The van der Waals surface area contributed by atoms with Gasteiger partial charge in [-0.05, 0) is 48.5 Å². The standard InChI is InChI=1S/C27H22FN5O3/c28-20-12-10-18(11-13-20)25-19(17-33(30-25)21-6-2-1-3-7-21)16-29-24(34)14-15-32-27(36)23-9-5-4-8-22(23)26(35)31-32/h1-13,17H,14-16H2,(H,29,34)(H,31,35). The van der Waals surface area contributed by atoms with E-state index in [9.17, 15) is 18.8 Å². The quantitative estimate of drug-likeness (QED) is 0.371. The van der Waals surface area contributed by atoms with Gasteiger partial charge in [0.1, 0.15) is 5.82 Å². The normalized spacial score (nSPS) is 11.0. The van der Waals surface area contributed by atoms with Gasteiger partial charge in [-0.2, -0.15) is 5.10 Å². The topological polar surface area (TPSA) is 102 Å². The van der Waals surface area contributed by atoms with Crippen LogP contribution in [0.2, 0.25) is 0 Å². The second-order valence-corrected chi connectivity index (χ2v) is 8.26. The Morgan fingerprint density at radius 2 is 1.61 bits per heavy atom. The Balaban J connectivity index is 1.33. The number of hydrogen-bond acceptors (Lipinski definition) is 4. The van der Waals surface area contributed by atoms with Gasteiger partial charge in [0.25, 0.3) is 11.1 Å². The summed E-state index contributed by atoms with van der Waals surface area (Å²) in [5.74, 6) is -0.647. The Labute approximate surface area is 204 Å². The van der Waals surface area contributed by atoms with Gasteiger partial charge in [-0.15, -0.1) is 0 Å². The van der Waals surface area contributed by atoms with Crippen LogP contribution < -0.4 is 16.4 Å². The Bertz CT molecular complexity index is 1650. The molecule has 8 nitrogen and oxygen atoms in total. The summed E-state index contributed by atoms with van der Waals surface area (Å²) in [4.78, 5) is 37.6. The molecule has 3 aromatic carbocycles. The number of carbonyl (C=O) groups is 1. The average Bonchev–Trinajstić information content (AvgIpc) is 3.34. The summed E-state index contributed by atoms with van der Waals surface area (Å²) in [5, 5.41) is 10.7. The van der Waals surface area contributed by atoms with E-state index in [0.717, 1.165) is 21.5 Å². The molecule has 0 aliphatic carbocycles. The van der Waals surface area contributed by atoms with Gasteiger partial charge in [-0.1, -0.05) is 30.3 Å². The van der Waals surface area contributed by atoms with Crippen LogP contribution in [-0.2, 0) is 17.9 Å². The first-order chi connectivity index (χ1) is 17.5. The van der Waals surface area contributed by atoms with Gasteiger partial charge in [0.05, 0.1) is 28.7 Å². The zero-order chi connectivity index (χ0) is 25.1. The number of benzene rings is 3. The van der Waals surface area contributed by atoms with Gasteiger partial charge < -0.3 is 5.32 Å². The number of aryl methyl sites for hydroxylation is 1. The first-order valence-corrected chi connectivity index (χ1v) is 11.4. The molecule has 0 spiro atoms. The smallest absolute Gasteiger partial charge is 0.273 e. The largest absolute Gasteiger partial charge is 0.352 e. The fourth-order valence-corrected chi connectivity index (χ4v) is 4.00. The van der Waals surface area contributed by atoms with Crippen molar-refractivity contribution in [3.05, 3.63) is 117 Å². The number of rotatable bonds is 7. The molecule has 2 N–H and O–H groups in total. The van der Waals surface area contributed by atoms with Crippen LogP contribution in [0.4, 0.5) is 4.39 Å². The lowest BCUT2D eigenvalue weighted by Crippen LogP contribution is -2.32. The summed E-state index contributed by atoms with van der Waals surface area (Å²) < 4.78 is 16.3. The number of H-pyrrole nitrogens is 1. The Hall–Kier alpha value is -4.79. The van der Waals surface area contributed by atoms with E-state index >= 15 is 0 Å². The van der Waals surface area contributed by atoms with E-state index in [-0.39, 0.29) is 42.4 Å². The van der Waals surface area contributed by atoms with Crippen molar-refractivity contribution in [2.24, 2.45) is 0 Å². The third kappa shape index (κ3) is 4.72. The minimum absolute atomic E-state index is 0.00705. The monoisotopic (exact) mass is 483 g/mol. The van der Waals surface area contributed by atoms with E-state index < -0.39 is 0 Å². The first-order valence-electron chi connectivity index (χ1n) is 11.4. The molecule has 0 aliphatic rings. The number of halogens is 1. The maximum absolute atomic E-state index is 13.5. The van der Waals surface area contributed by atoms with Crippen LogP contribution in [0.1, 0.15) is 12.0 Å². The van der Waals surface area contributed by atoms with Gasteiger partial charge in [-0.25, -0.2) is 13.8 Å². The molecule has 9 heteroatoms. The Morgan fingerprint density at radius 3 is 2.36 bits per heavy atom. The molecule has 36 heavy (non-hydrogen) atoms. The zero-order valence-electron chi connectivity index (χ0n) is 19.1. The van der Waals surface area contributed by atoms with Crippen LogP contribution >= 0.6 is 0 Å². The molecule has 0 aliphatic heterocycles. The molecule has 2 aromatic heterocycles. The molecule has 1 amide bonds. The molecule has 5 rings (SSSR count). The van der Waals surface area contributed by atoms with Crippen LogP contribution in [0.3, 0.4) is 0 Å². The summed E-state index contributed by atoms with van der Waals surface area (Å²) in [5.41, 5.74) is 2.18. The summed E-state index contributed by atoms with van der Waals surface area (Å²) in [6, 6.07) is 22.1. The lowest BCUT2D eigenvalue weighted by molar-refractivity contribution is -0.121. The number of aromatic nitrogens is 4. The number of nitrogens with one attached hydrogen (secondary N) is 2. The van der Waals surface area contributed by atoms with E-state index in [1.165, 1.54) is 12.1 Å². The highest BCUT2D eigenvalue weighted by molar-refractivity contribution is 5.80. The molecule has 0 atom stereocenters. The molecule has 0 unspecified atom stereocenters. The van der Waals surface area contributed by atoms with Gasteiger partial charge in [0.2, 0.25) is 5.91 Å². The Kier molecular flexibility index (Phi) is 6.27. The highest BCUT2D eigenvalue weighted by Gasteiger charge is 2.14. The fourth-order valence-electron chi connectivity index (χ4n) is 4.00. The number of nitrogens with zero attached hydrogens (tertiary/aromatic N) is 3. The summed E-state index contributed by atoms with van der Waals surface area (Å²) in [6.07, 6.45) is 1.81. The number of aromatic amines is 1. The highest BCUT2D eigenvalue weighted by atomic mass is 19.1. The van der Waals surface area contributed by atoms with E-state index in [0.29, 0.717) is 16.5 Å². The molecule has 2 heterocycles. The minimum atomic E-state index is -0.386. The summed E-state index contributed by atoms with van der Waals surface area (Å²) >= 11 is 0. The predicted molar refractivity (Wildman–Crippen MR) is 134 cm³/mol. The van der Waals surface area contributed by atoms with Crippen LogP contribution in [0, 0.1) is 5.82 Å². The number of carbonyl (C=O) groups excluding carboxylic acids is 1. The van der Waals surface area contributed by atoms with Crippen LogP contribution in [0.5, 0.6) is 0 Å². The molecule has 5 aromatic rings. The molecule has 0 saturated carbocycles. The van der Waals surface area contributed by atoms with Crippen molar-refractivity contribution in [2.45, 2.75) is 19.5 Å². The average molecular weight is 484 g/mol. The second kappa shape index (κ2) is 9.83. The third-order valence-electron chi connectivity index (χ3n) is 5.85. The van der Waals surface area contributed by atoms with E-state index in [4.69, 9.17) is 0 Å². The van der Waals surface area contributed by atoms with E-state index in [1.807, 2.05) is 36.5 Å². The Morgan fingerprint density at radius 1 is 0.917 bits per heavy atom. The van der Waals surface area contributed by atoms with E-state index in [2.05, 4.69) is 15.5 Å². The van der Waals surface area contributed by atoms with Gasteiger partial charge in [-0.3, -0.25) is 19.5 Å².